The van der Waals surface area contributed by atoms with Crippen LogP contribution in [-0.2, 0) is 10.2 Å². The van der Waals surface area contributed by atoms with Crippen LogP contribution in [0.2, 0.25) is 10.0 Å². The van der Waals surface area contributed by atoms with Gasteiger partial charge in [-0.1, -0.05) is 62.2 Å². The minimum atomic E-state index is -1.68. The first-order valence-corrected chi connectivity index (χ1v) is 14.5. The van der Waals surface area contributed by atoms with E-state index in [2.05, 4.69) is 22.0 Å². The van der Waals surface area contributed by atoms with Gasteiger partial charge in [0.1, 0.15) is 17.0 Å². The monoisotopic (exact) mass is 605 g/mol. The van der Waals surface area contributed by atoms with E-state index in [0.29, 0.717) is 32.1 Å². The summed E-state index contributed by atoms with van der Waals surface area (Å²) in [6, 6.07) is 8.18. The van der Waals surface area contributed by atoms with Gasteiger partial charge in [-0.3, -0.25) is 4.79 Å². The van der Waals surface area contributed by atoms with Crippen molar-refractivity contribution in [3.63, 3.8) is 0 Å². The fraction of sp³-hybridized carbons (Fsp3) is 0.500. The molecule has 1 aliphatic heterocycles. The Hall–Kier alpha value is -2.93. The molecule has 4 unspecified atom stereocenters. The molecule has 41 heavy (non-hydrogen) atoms. The van der Waals surface area contributed by atoms with Gasteiger partial charge in [0.15, 0.2) is 0 Å². The van der Waals surface area contributed by atoms with Crippen molar-refractivity contribution in [1.29, 1.82) is 5.26 Å². The second kappa shape index (κ2) is 12.1. The third-order valence-electron chi connectivity index (χ3n) is 8.15. The highest BCUT2D eigenvalue weighted by Crippen LogP contribution is 2.52. The molecule has 220 valence electrons. The highest BCUT2D eigenvalue weighted by atomic mass is 35.5. The van der Waals surface area contributed by atoms with E-state index in [-0.39, 0.29) is 38.7 Å². The fourth-order valence-corrected chi connectivity index (χ4v) is 6.77. The molecule has 1 saturated heterocycles. The lowest BCUT2D eigenvalue weighted by Crippen LogP contribution is -2.51. The lowest BCUT2D eigenvalue weighted by Gasteiger charge is -2.37. The third kappa shape index (κ3) is 6.45. The summed E-state index contributed by atoms with van der Waals surface area (Å²) in [7, 11) is 0. The van der Waals surface area contributed by atoms with Crippen LogP contribution in [0.25, 0.3) is 0 Å². The molecule has 4 atom stereocenters. The second-order valence-corrected chi connectivity index (χ2v) is 13.1. The molecule has 1 aliphatic carbocycles. The highest BCUT2D eigenvalue weighted by molar-refractivity contribution is 6.31. The van der Waals surface area contributed by atoms with Crippen LogP contribution in [0.5, 0.6) is 0 Å². The van der Waals surface area contributed by atoms with Crippen LogP contribution in [0.3, 0.4) is 0 Å². The van der Waals surface area contributed by atoms with Gasteiger partial charge in [-0.25, -0.2) is 13.6 Å². The number of hydrogen-bond acceptors (Lipinski definition) is 4. The standard InChI is InChI=1S/C30H35Cl2F2N5O2/c1-29(2,3)14-23-30(15-35,20-12-7-16(31)13-22(20)33)24(19-5-4-6-21(32)25(19)34)26(39-23)27(40)37-17-8-10-18(11-9-17)38-28(36)41/h4-7,12-13,17-18,23-24,26,39H,8-11,14H2,1-3H3,(H,37,40)(H3,36,38,41). The van der Waals surface area contributed by atoms with E-state index in [1.54, 1.807) is 6.07 Å². The van der Waals surface area contributed by atoms with Gasteiger partial charge in [0.05, 0.1) is 17.1 Å². The van der Waals surface area contributed by atoms with E-state index in [1.807, 2.05) is 20.8 Å². The molecule has 2 aromatic rings. The lowest BCUT2D eigenvalue weighted by atomic mass is 9.62. The van der Waals surface area contributed by atoms with Crippen molar-refractivity contribution in [2.75, 3.05) is 0 Å². The molecule has 4 rings (SSSR count). The van der Waals surface area contributed by atoms with Gasteiger partial charge >= 0.3 is 6.03 Å². The SMILES string of the molecule is CC(C)(C)CC1NC(C(=O)NC2CCC(NC(N)=O)CC2)C(c2cccc(Cl)c2F)C1(C#N)c1ccc(Cl)cc1F. The Morgan fingerprint density at radius 3 is 2.29 bits per heavy atom. The number of nitrogens with zero attached hydrogens (tertiary/aromatic N) is 1. The molecular weight excluding hydrogens is 571 g/mol. The van der Waals surface area contributed by atoms with Gasteiger partial charge in [0, 0.05) is 34.6 Å². The number of benzene rings is 2. The summed E-state index contributed by atoms with van der Waals surface area (Å²) in [5.74, 6) is -3.02. The zero-order valence-electron chi connectivity index (χ0n) is 23.2. The van der Waals surface area contributed by atoms with Gasteiger partial charge in [-0.15, -0.1) is 0 Å². The first-order chi connectivity index (χ1) is 19.3. The van der Waals surface area contributed by atoms with Gasteiger partial charge in [-0.05, 0) is 61.3 Å². The Bertz CT molecular complexity index is 1350. The number of hydrogen-bond donors (Lipinski definition) is 4. The maximum atomic E-state index is 15.8. The molecule has 2 aromatic carbocycles. The molecule has 2 fully saturated rings. The van der Waals surface area contributed by atoms with Crippen LogP contribution in [0.4, 0.5) is 13.6 Å². The third-order valence-corrected chi connectivity index (χ3v) is 8.68. The van der Waals surface area contributed by atoms with E-state index < -0.39 is 47.0 Å². The summed E-state index contributed by atoms with van der Waals surface area (Å²) in [5, 5.41) is 20.0. The van der Waals surface area contributed by atoms with Crippen molar-refractivity contribution < 1.29 is 18.4 Å². The molecular formula is C30H35Cl2F2N5O2. The smallest absolute Gasteiger partial charge is 0.312 e. The molecule has 5 N–H and O–H groups in total. The summed E-state index contributed by atoms with van der Waals surface area (Å²) >= 11 is 12.3. The Labute approximate surface area is 249 Å². The van der Waals surface area contributed by atoms with Crippen LogP contribution in [0.1, 0.15) is 69.9 Å². The number of carbonyl (C=O) groups excluding carboxylic acids is 2. The fourth-order valence-electron chi connectivity index (χ4n) is 6.43. The number of nitrogens with two attached hydrogens (primary N) is 1. The quantitative estimate of drug-likeness (QED) is 0.338. The minimum Gasteiger partial charge on any atom is -0.352 e. The number of amides is 3. The van der Waals surface area contributed by atoms with Gasteiger partial charge in [0.25, 0.3) is 0 Å². The molecule has 3 amide bonds. The summed E-state index contributed by atoms with van der Waals surface area (Å²) in [5.41, 5.74) is 3.31. The van der Waals surface area contributed by atoms with E-state index in [1.165, 1.54) is 24.3 Å². The van der Waals surface area contributed by atoms with Crippen molar-refractivity contribution in [3.8, 4) is 6.07 Å². The average molecular weight is 607 g/mol. The van der Waals surface area contributed by atoms with E-state index in [9.17, 15) is 14.9 Å². The number of nitrogens with one attached hydrogen (secondary N) is 3. The first-order valence-electron chi connectivity index (χ1n) is 13.7. The maximum Gasteiger partial charge on any atom is 0.312 e. The zero-order chi connectivity index (χ0) is 30.1. The van der Waals surface area contributed by atoms with E-state index in [0.717, 1.165) is 6.07 Å². The largest absolute Gasteiger partial charge is 0.352 e. The second-order valence-electron chi connectivity index (χ2n) is 12.3. The molecule has 7 nitrogen and oxygen atoms in total. The van der Waals surface area contributed by atoms with Gasteiger partial charge in [-0.2, -0.15) is 5.26 Å². The molecule has 1 saturated carbocycles. The summed E-state index contributed by atoms with van der Waals surface area (Å²) in [4.78, 5) is 25.2. The molecule has 0 bridgehead atoms. The summed E-state index contributed by atoms with van der Waals surface area (Å²) < 4.78 is 31.5. The van der Waals surface area contributed by atoms with Crippen LogP contribution in [0.15, 0.2) is 36.4 Å². The molecule has 0 spiro atoms. The zero-order valence-corrected chi connectivity index (χ0v) is 24.8. The summed E-state index contributed by atoms with van der Waals surface area (Å²) in [6.45, 7) is 5.95. The lowest BCUT2D eigenvalue weighted by molar-refractivity contribution is -0.124. The van der Waals surface area contributed by atoms with Crippen LogP contribution >= 0.6 is 23.2 Å². The van der Waals surface area contributed by atoms with Crippen molar-refractivity contribution in [3.05, 3.63) is 69.2 Å². The van der Waals surface area contributed by atoms with E-state index >= 15 is 8.78 Å². The van der Waals surface area contributed by atoms with Gasteiger partial charge in [0.2, 0.25) is 5.91 Å². The predicted octanol–water partition coefficient (Wildman–Crippen LogP) is 5.69. The average Bonchev–Trinajstić information content (AvgIpc) is 3.19. The first kappa shape index (κ1) is 31.0. The van der Waals surface area contributed by atoms with E-state index in [4.69, 9.17) is 28.9 Å². The summed E-state index contributed by atoms with van der Waals surface area (Å²) in [6.07, 6.45) is 2.83. The number of primary amides is 1. The highest BCUT2D eigenvalue weighted by Gasteiger charge is 2.61. The number of rotatable bonds is 6. The molecule has 0 aromatic heterocycles. The Kier molecular flexibility index (Phi) is 9.17. The van der Waals surface area contributed by atoms with Crippen molar-refractivity contribution in [1.82, 2.24) is 16.0 Å². The molecule has 1 heterocycles. The number of nitriles is 1. The maximum absolute atomic E-state index is 15.8. The molecule has 11 heteroatoms. The Morgan fingerprint density at radius 2 is 1.73 bits per heavy atom. The number of urea groups is 1. The van der Waals surface area contributed by atoms with Crippen molar-refractivity contribution in [2.24, 2.45) is 11.1 Å². The number of halogens is 4. The van der Waals surface area contributed by atoms with Crippen molar-refractivity contribution in [2.45, 2.75) is 88.4 Å². The predicted molar refractivity (Wildman–Crippen MR) is 155 cm³/mol. The number of carbonyl (C=O) groups is 2. The van der Waals surface area contributed by atoms with Crippen LogP contribution < -0.4 is 21.7 Å². The van der Waals surface area contributed by atoms with Crippen LogP contribution in [0, 0.1) is 28.4 Å². The normalized spacial score (nSPS) is 28.1. The molecule has 0 radical (unpaired) electrons. The van der Waals surface area contributed by atoms with Crippen molar-refractivity contribution >= 4 is 35.1 Å². The van der Waals surface area contributed by atoms with Gasteiger partial charge < -0.3 is 21.7 Å². The topological polar surface area (TPSA) is 120 Å². The minimum absolute atomic E-state index is 0.0314. The Morgan fingerprint density at radius 1 is 1.10 bits per heavy atom. The Balaban J connectivity index is 1.80. The van der Waals surface area contributed by atoms with Crippen LogP contribution in [-0.4, -0.2) is 36.1 Å². The molecule has 2 aliphatic rings.